The molecular weight excluding hydrogens is 332 g/mol. The summed E-state index contributed by atoms with van der Waals surface area (Å²) in [6, 6.07) is 0. The van der Waals surface area contributed by atoms with Crippen molar-refractivity contribution in [2.24, 2.45) is 17.3 Å². The second kappa shape index (κ2) is 11.1. The molecule has 0 atom stereocenters. The van der Waals surface area contributed by atoms with E-state index >= 15 is 0 Å². The highest BCUT2D eigenvalue weighted by Crippen LogP contribution is 2.23. The Kier molecular flexibility index (Phi) is 10.7. The number of amides is 1. The monoisotopic (exact) mass is 380 g/mol. The SMILES string of the molecule is C=C(CCCCC(=O)N(CC(C)C)C(C)(C)C)N(CC(C)C)CC(C)(C)C. The van der Waals surface area contributed by atoms with Crippen LogP contribution < -0.4 is 0 Å². The van der Waals surface area contributed by atoms with Gasteiger partial charge in [0.25, 0.3) is 0 Å². The summed E-state index contributed by atoms with van der Waals surface area (Å²) in [6.07, 6.45) is 3.59. The van der Waals surface area contributed by atoms with Crippen molar-refractivity contribution in [3.8, 4) is 0 Å². The van der Waals surface area contributed by atoms with Gasteiger partial charge in [-0.15, -0.1) is 0 Å². The van der Waals surface area contributed by atoms with Gasteiger partial charge < -0.3 is 9.80 Å². The van der Waals surface area contributed by atoms with Crippen molar-refractivity contribution in [3.63, 3.8) is 0 Å². The van der Waals surface area contributed by atoms with Crippen LogP contribution in [0.4, 0.5) is 0 Å². The first-order valence-corrected chi connectivity index (χ1v) is 10.9. The number of rotatable bonds is 11. The smallest absolute Gasteiger partial charge is 0.223 e. The highest BCUT2D eigenvalue weighted by molar-refractivity contribution is 5.76. The van der Waals surface area contributed by atoms with Gasteiger partial charge in [0.15, 0.2) is 0 Å². The highest BCUT2D eigenvalue weighted by atomic mass is 16.2. The van der Waals surface area contributed by atoms with Gasteiger partial charge in [-0.3, -0.25) is 4.79 Å². The Morgan fingerprint density at radius 2 is 1.33 bits per heavy atom. The minimum absolute atomic E-state index is 0.105. The Morgan fingerprint density at radius 1 is 0.852 bits per heavy atom. The van der Waals surface area contributed by atoms with E-state index in [9.17, 15) is 4.79 Å². The Balaban J connectivity index is 4.58. The third-order valence-corrected chi connectivity index (χ3v) is 4.46. The molecule has 1 amide bonds. The first kappa shape index (κ1) is 26.0. The zero-order chi connectivity index (χ0) is 21.4. The number of carbonyl (C=O) groups is 1. The molecule has 0 unspecified atom stereocenters. The van der Waals surface area contributed by atoms with Crippen molar-refractivity contribution in [1.29, 1.82) is 0 Å². The van der Waals surface area contributed by atoms with Gasteiger partial charge in [0.2, 0.25) is 5.91 Å². The van der Waals surface area contributed by atoms with Crippen LogP contribution in [-0.2, 0) is 4.79 Å². The summed E-state index contributed by atoms with van der Waals surface area (Å²) in [5.41, 5.74) is 1.38. The molecule has 0 fully saturated rings. The molecule has 0 spiro atoms. The van der Waals surface area contributed by atoms with Gasteiger partial charge in [-0.1, -0.05) is 55.0 Å². The zero-order valence-electron chi connectivity index (χ0n) is 20.1. The molecule has 27 heavy (non-hydrogen) atoms. The minimum atomic E-state index is -0.105. The Labute approximate surface area is 170 Å². The lowest BCUT2D eigenvalue weighted by Gasteiger charge is -2.37. The lowest BCUT2D eigenvalue weighted by atomic mass is 9.95. The van der Waals surface area contributed by atoms with E-state index in [-0.39, 0.29) is 16.9 Å². The molecular formula is C24H48N2O. The molecule has 0 heterocycles. The normalized spacial score (nSPS) is 12.6. The van der Waals surface area contributed by atoms with E-state index in [0.717, 1.165) is 38.9 Å². The lowest BCUT2D eigenvalue weighted by molar-refractivity contribution is -0.136. The molecule has 0 aliphatic heterocycles. The first-order valence-electron chi connectivity index (χ1n) is 10.9. The summed E-state index contributed by atoms with van der Waals surface area (Å²) < 4.78 is 0. The summed E-state index contributed by atoms with van der Waals surface area (Å²) in [5.74, 6) is 1.41. The van der Waals surface area contributed by atoms with Crippen LogP contribution in [0.1, 0.15) is 94.9 Å². The fourth-order valence-electron chi connectivity index (χ4n) is 3.33. The molecule has 3 nitrogen and oxygen atoms in total. The van der Waals surface area contributed by atoms with Crippen LogP contribution in [0.2, 0.25) is 0 Å². The fourth-order valence-corrected chi connectivity index (χ4v) is 3.33. The third kappa shape index (κ3) is 12.2. The quantitative estimate of drug-likeness (QED) is 0.390. The fraction of sp³-hybridized carbons (Fsp3) is 0.875. The zero-order valence-corrected chi connectivity index (χ0v) is 20.1. The predicted octanol–water partition coefficient (Wildman–Crippen LogP) is 6.35. The Morgan fingerprint density at radius 3 is 1.74 bits per heavy atom. The van der Waals surface area contributed by atoms with E-state index in [1.54, 1.807) is 0 Å². The van der Waals surface area contributed by atoms with E-state index in [2.05, 4.69) is 85.6 Å². The molecule has 0 N–H and O–H groups in total. The maximum Gasteiger partial charge on any atom is 0.223 e. The van der Waals surface area contributed by atoms with Crippen molar-refractivity contribution in [1.82, 2.24) is 9.80 Å². The van der Waals surface area contributed by atoms with Gasteiger partial charge in [0, 0.05) is 37.3 Å². The molecule has 0 saturated carbocycles. The van der Waals surface area contributed by atoms with E-state index in [1.165, 1.54) is 5.70 Å². The van der Waals surface area contributed by atoms with Crippen molar-refractivity contribution >= 4 is 5.91 Å². The largest absolute Gasteiger partial charge is 0.375 e. The van der Waals surface area contributed by atoms with Crippen LogP contribution in [0.5, 0.6) is 0 Å². The van der Waals surface area contributed by atoms with E-state index in [1.807, 2.05) is 0 Å². The summed E-state index contributed by atoms with van der Waals surface area (Å²) in [6.45, 7) is 29.4. The van der Waals surface area contributed by atoms with Crippen molar-refractivity contribution in [3.05, 3.63) is 12.3 Å². The third-order valence-electron chi connectivity index (χ3n) is 4.46. The van der Waals surface area contributed by atoms with Crippen molar-refractivity contribution in [2.45, 2.75) is 100 Å². The summed E-state index contributed by atoms with van der Waals surface area (Å²) in [5, 5.41) is 0. The second-order valence-electron chi connectivity index (χ2n) is 11.2. The average molecular weight is 381 g/mol. The maximum absolute atomic E-state index is 12.7. The summed E-state index contributed by atoms with van der Waals surface area (Å²) in [7, 11) is 0. The average Bonchev–Trinajstić information content (AvgIpc) is 2.44. The van der Waals surface area contributed by atoms with Crippen LogP contribution >= 0.6 is 0 Å². The molecule has 3 heteroatoms. The van der Waals surface area contributed by atoms with Crippen LogP contribution in [0.25, 0.3) is 0 Å². The van der Waals surface area contributed by atoms with Gasteiger partial charge in [-0.05, 0) is 57.3 Å². The number of carbonyl (C=O) groups excluding carboxylic acids is 1. The van der Waals surface area contributed by atoms with E-state index in [4.69, 9.17) is 0 Å². The van der Waals surface area contributed by atoms with Crippen molar-refractivity contribution < 1.29 is 4.79 Å². The van der Waals surface area contributed by atoms with Gasteiger partial charge in [0.1, 0.15) is 0 Å². The maximum atomic E-state index is 12.7. The molecule has 0 saturated heterocycles. The van der Waals surface area contributed by atoms with Crippen LogP contribution in [0.15, 0.2) is 12.3 Å². The number of unbranched alkanes of at least 4 members (excludes halogenated alkanes) is 1. The van der Waals surface area contributed by atoms with Crippen LogP contribution in [0, 0.1) is 17.3 Å². The topological polar surface area (TPSA) is 23.6 Å². The second-order valence-corrected chi connectivity index (χ2v) is 11.2. The molecule has 0 aromatic rings. The van der Waals surface area contributed by atoms with Gasteiger partial charge >= 0.3 is 0 Å². The van der Waals surface area contributed by atoms with Gasteiger partial charge in [0.05, 0.1) is 0 Å². The number of nitrogens with zero attached hydrogens (tertiary/aromatic N) is 2. The van der Waals surface area contributed by atoms with Crippen molar-refractivity contribution in [2.75, 3.05) is 19.6 Å². The number of allylic oxidation sites excluding steroid dienone is 1. The molecule has 0 aromatic heterocycles. The molecule has 0 bridgehead atoms. The molecule has 160 valence electrons. The molecule has 0 radical (unpaired) electrons. The first-order chi connectivity index (χ1) is 12.1. The standard InChI is InChI=1S/C24H48N2O/c1-19(2)16-25(18-23(6,7)8)21(5)14-12-13-15-22(27)26(17-20(3)4)24(9,10)11/h19-20H,5,12-18H2,1-4,6-11H3. The van der Waals surface area contributed by atoms with Crippen LogP contribution in [0.3, 0.4) is 0 Å². The molecule has 0 aliphatic rings. The van der Waals surface area contributed by atoms with E-state index < -0.39 is 0 Å². The number of hydrogen-bond acceptors (Lipinski definition) is 2. The van der Waals surface area contributed by atoms with Gasteiger partial charge in [-0.2, -0.15) is 0 Å². The highest BCUT2D eigenvalue weighted by Gasteiger charge is 2.26. The van der Waals surface area contributed by atoms with Gasteiger partial charge in [-0.25, -0.2) is 0 Å². The molecule has 0 aliphatic carbocycles. The Bertz CT molecular complexity index is 452. The molecule has 0 rings (SSSR count). The summed E-state index contributed by atoms with van der Waals surface area (Å²) in [4.78, 5) is 17.2. The molecule has 0 aromatic carbocycles. The van der Waals surface area contributed by atoms with Crippen LogP contribution in [-0.4, -0.2) is 40.9 Å². The van der Waals surface area contributed by atoms with E-state index in [0.29, 0.717) is 18.3 Å². The minimum Gasteiger partial charge on any atom is -0.375 e. The Hall–Kier alpha value is -0.990. The lowest BCUT2D eigenvalue weighted by Crippen LogP contribution is -2.47. The predicted molar refractivity (Wildman–Crippen MR) is 120 cm³/mol. The number of hydrogen-bond donors (Lipinski definition) is 0. The summed E-state index contributed by atoms with van der Waals surface area (Å²) >= 11 is 0.